The van der Waals surface area contributed by atoms with Crippen LogP contribution in [0.1, 0.15) is 32.0 Å². The predicted molar refractivity (Wildman–Crippen MR) is 110 cm³/mol. The summed E-state index contributed by atoms with van der Waals surface area (Å²) in [5.74, 6) is -0.562. The van der Waals surface area contributed by atoms with E-state index in [9.17, 15) is 14.0 Å². The number of nitrogens with one attached hydrogen (secondary N) is 1. The van der Waals surface area contributed by atoms with Gasteiger partial charge in [0, 0.05) is 38.0 Å². The maximum atomic E-state index is 14.7. The highest BCUT2D eigenvalue weighted by molar-refractivity contribution is 6.76. The smallest absolute Gasteiger partial charge is 0.253 e. The summed E-state index contributed by atoms with van der Waals surface area (Å²) in [5.41, 5.74) is 3.53. The molecule has 7 heteroatoms. The van der Waals surface area contributed by atoms with Gasteiger partial charge in [-0.2, -0.15) is 0 Å². The molecule has 1 aromatic carbocycles. The molecule has 0 atom stereocenters. The van der Waals surface area contributed by atoms with Crippen molar-refractivity contribution >= 4 is 20.3 Å². The van der Waals surface area contributed by atoms with Crippen molar-refractivity contribution in [1.29, 1.82) is 0 Å². The number of amides is 1. The van der Waals surface area contributed by atoms with Crippen molar-refractivity contribution in [3.8, 4) is 11.3 Å². The number of carbonyl (C=O) groups is 2. The van der Waals surface area contributed by atoms with E-state index >= 15 is 0 Å². The van der Waals surface area contributed by atoms with Crippen LogP contribution in [-0.4, -0.2) is 38.0 Å². The van der Waals surface area contributed by atoms with Gasteiger partial charge in [0.2, 0.25) is 0 Å². The minimum atomic E-state index is -1.23. The van der Waals surface area contributed by atoms with Crippen LogP contribution >= 0.6 is 0 Å². The number of aldehydes is 1. The lowest BCUT2D eigenvalue weighted by Gasteiger charge is -2.18. The first-order valence-electron chi connectivity index (χ1n) is 9.56. The second-order valence-electron chi connectivity index (χ2n) is 8.43. The molecule has 0 saturated heterocycles. The molecule has 0 radical (unpaired) electrons. The molecule has 28 heavy (non-hydrogen) atoms. The van der Waals surface area contributed by atoms with Crippen LogP contribution in [0, 0.1) is 12.7 Å². The molecule has 1 aliphatic rings. The third-order valence-electron chi connectivity index (χ3n) is 5.11. The molecule has 0 spiro atoms. The normalized spacial score (nSPS) is 14.0. The van der Waals surface area contributed by atoms with Crippen LogP contribution < -0.4 is 5.32 Å². The molecular weight excluding hydrogens is 375 g/mol. The van der Waals surface area contributed by atoms with Crippen LogP contribution in [-0.2, 0) is 17.9 Å². The van der Waals surface area contributed by atoms with Gasteiger partial charge in [-0.25, -0.2) is 4.39 Å². The highest BCUT2D eigenvalue weighted by Crippen LogP contribution is 2.35. The van der Waals surface area contributed by atoms with Crippen molar-refractivity contribution in [2.24, 2.45) is 0 Å². The van der Waals surface area contributed by atoms with Crippen LogP contribution in [0.3, 0.4) is 0 Å². The Hall–Kier alpha value is -2.25. The monoisotopic (exact) mass is 402 g/mol. The van der Waals surface area contributed by atoms with E-state index in [-0.39, 0.29) is 12.6 Å². The average Bonchev–Trinajstić information content (AvgIpc) is 2.91. The van der Waals surface area contributed by atoms with E-state index in [4.69, 9.17) is 4.74 Å². The first-order valence-corrected chi connectivity index (χ1v) is 13.3. The minimum absolute atomic E-state index is 0.146. The van der Waals surface area contributed by atoms with Gasteiger partial charge in [0.25, 0.3) is 5.91 Å². The molecule has 5 nitrogen and oxygen atoms in total. The van der Waals surface area contributed by atoms with Crippen LogP contribution in [0.2, 0.25) is 25.7 Å². The van der Waals surface area contributed by atoms with E-state index in [1.165, 1.54) is 12.1 Å². The second-order valence-corrected chi connectivity index (χ2v) is 14.0. The Bertz CT molecular complexity index is 915. The van der Waals surface area contributed by atoms with E-state index in [2.05, 4.69) is 25.0 Å². The van der Waals surface area contributed by atoms with Gasteiger partial charge in [-0.05, 0) is 43.2 Å². The molecule has 1 amide bonds. The molecule has 1 aliphatic heterocycles. The van der Waals surface area contributed by atoms with Crippen molar-refractivity contribution in [2.75, 3.05) is 13.2 Å². The van der Waals surface area contributed by atoms with E-state index in [0.29, 0.717) is 48.2 Å². The molecule has 150 valence electrons. The van der Waals surface area contributed by atoms with Crippen molar-refractivity contribution in [3.05, 3.63) is 46.4 Å². The summed E-state index contributed by atoms with van der Waals surface area (Å²) in [6, 6.07) is 5.32. The lowest BCUT2D eigenvalue weighted by molar-refractivity contribution is 0.0867. The maximum absolute atomic E-state index is 14.7. The number of halogens is 1. The SMILES string of the molecule is Cc1c2c(c(-c3cc(C=O)ccc3F)n1COCC[Si](C)(C)C)CCNC2=O. The quantitative estimate of drug-likeness (QED) is 0.432. The summed E-state index contributed by atoms with van der Waals surface area (Å²) >= 11 is 0. The average molecular weight is 403 g/mol. The van der Waals surface area contributed by atoms with Crippen LogP contribution in [0.4, 0.5) is 4.39 Å². The molecule has 0 saturated carbocycles. The van der Waals surface area contributed by atoms with E-state index in [1.807, 2.05) is 11.5 Å². The maximum Gasteiger partial charge on any atom is 0.253 e. The molecule has 2 aromatic rings. The minimum Gasteiger partial charge on any atom is -0.361 e. The van der Waals surface area contributed by atoms with Gasteiger partial charge < -0.3 is 14.6 Å². The summed E-state index contributed by atoms with van der Waals surface area (Å²) in [6.07, 6.45) is 1.32. The number of carbonyl (C=O) groups excluding carboxylic acids is 2. The molecular formula is C21H27FN2O3Si. The first kappa shape index (κ1) is 20.5. The van der Waals surface area contributed by atoms with Crippen LogP contribution in [0.15, 0.2) is 18.2 Å². The fourth-order valence-electron chi connectivity index (χ4n) is 3.54. The second kappa shape index (κ2) is 8.01. The number of nitrogens with zero attached hydrogens (tertiary/aromatic N) is 1. The predicted octanol–water partition coefficient (Wildman–Crippen LogP) is 4.01. The van der Waals surface area contributed by atoms with E-state index < -0.39 is 13.9 Å². The van der Waals surface area contributed by atoms with Gasteiger partial charge in [-0.15, -0.1) is 0 Å². The Morgan fingerprint density at radius 2 is 2.07 bits per heavy atom. The van der Waals surface area contributed by atoms with Gasteiger partial charge in [-0.3, -0.25) is 9.59 Å². The molecule has 1 N–H and O–H groups in total. The summed E-state index contributed by atoms with van der Waals surface area (Å²) in [4.78, 5) is 23.7. The zero-order valence-electron chi connectivity index (χ0n) is 16.9. The number of benzene rings is 1. The number of fused-ring (bicyclic) bond motifs is 1. The lowest BCUT2D eigenvalue weighted by atomic mass is 9.97. The Labute approximate surface area is 165 Å². The number of aromatic nitrogens is 1. The van der Waals surface area contributed by atoms with Gasteiger partial charge in [-0.1, -0.05) is 19.6 Å². The largest absolute Gasteiger partial charge is 0.361 e. The van der Waals surface area contributed by atoms with Crippen LogP contribution in [0.25, 0.3) is 11.3 Å². The van der Waals surface area contributed by atoms with Crippen molar-refractivity contribution in [2.45, 2.75) is 45.8 Å². The van der Waals surface area contributed by atoms with Gasteiger partial charge in [0.05, 0.1) is 11.3 Å². The standard InChI is InChI=1S/C21H27FN2O3Si/c1-14-19-16(7-8-23-21(19)26)20(17-11-15(12-25)5-6-18(17)22)24(14)13-27-9-10-28(2,3)4/h5-6,11-12H,7-10,13H2,1-4H3,(H,23,26). The molecule has 2 heterocycles. The van der Waals surface area contributed by atoms with Gasteiger partial charge in [0.15, 0.2) is 0 Å². The molecule has 0 fully saturated rings. The molecule has 0 aliphatic carbocycles. The fraction of sp³-hybridized carbons (Fsp3) is 0.429. The number of hydrogen-bond donors (Lipinski definition) is 1. The zero-order chi connectivity index (χ0) is 20.5. The third-order valence-corrected chi connectivity index (χ3v) is 6.81. The number of ether oxygens (including phenoxy) is 1. The Balaban J connectivity index is 2.06. The first-order chi connectivity index (χ1) is 13.2. The van der Waals surface area contributed by atoms with Crippen molar-refractivity contribution in [1.82, 2.24) is 9.88 Å². The zero-order valence-corrected chi connectivity index (χ0v) is 17.9. The summed E-state index contributed by atoms with van der Waals surface area (Å²) in [6.45, 7) is 10.1. The highest BCUT2D eigenvalue weighted by atomic mass is 28.3. The Morgan fingerprint density at radius 3 is 2.75 bits per heavy atom. The van der Waals surface area contributed by atoms with Crippen LogP contribution in [0.5, 0.6) is 0 Å². The fourth-order valence-corrected chi connectivity index (χ4v) is 4.29. The van der Waals surface area contributed by atoms with Crippen molar-refractivity contribution in [3.63, 3.8) is 0 Å². The lowest BCUT2D eigenvalue weighted by Crippen LogP contribution is -2.31. The molecule has 0 bridgehead atoms. The van der Waals surface area contributed by atoms with Crippen molar-refractivity contribution < 1.29 is 18.7 Å². The summed E-state index contributed by atoms with van der Waals surface area (Å²) < 4.78 is 22.5. The topological polar surface area (TPSA) is 60.3 Å². The van der Waals surface area contributed by atoms with Gasteiger partial charge >= 0.3 is 0 Å². The molecule has 0 unspecified atom stereocenters. The van der Waals surface area contributed by atoms with E-state index in [1.54, 1.807) is 6.07 Å². The van der Waals surface area contributed by atoms with E-state index in [0.717, 1.165) is 17.3 Å². The van der Waals surface area contributed by atoms with Gasteiger partial charge in [0.1, 0.15) is 18.8 Å². The Morgan fingerprint density at radius 1 is 1.32 bits per heavy atom. The summed E-state index contributed by atoms with van der Waals surface area (Å²) in [5, 5.41) is 2.86. The number of rotatable bonds is 7. The summed E-state index contributed by atoms with van der Waals surface area (Å²) in [7, 11) is -1.23. The third kappa shape index (κ3) is 4.10. The molecule has 1 aromatic heterocycles. The molecule has 3 rings (SSSR count). The Kier molecular flexibility index (Phi) is 5.86. The number of hydrogen-bond acceptors (Lipinski definition) is 3. The highest BCUT2D eigenvalue weighted by Gasteiger charge is 2.29.